The smallest absolute Gasteiger partial charge is 0.259 e. The quantitative estimate of drug-likeness (QED) is 0.478. The molecular weight excluding hydrogens is 318 g/mol. The van der Waals surface area contributed by atoms with Crippen LogP contribution in [0.4, 0.5) is 0 Å². The molecule has 1 aliphatic rings. The fraction of sp³-hybridized carbons (Fsp3) is 0.250. The molecule has 0 saturated heterocycles. The Hall–Kier alpha value is -2.95. The van der Waals surface area contributed by atoms with Gasteiger partial charge in [0, 0.05) is 5.56 Å². The Labute approximate surface area is 146 Å². The van der Waals surface area contributed by atoms with E-state index >= 15 is 0 Å². The second kappa shape index (κ2) is 7.30. The molecule has 0 aliphatic carbocycles. The number of hydrogen-bond donors (Lipinski definition) is 1. The highest BCUT2D eigenvalue weighted by Crippen LogP contribution is 2.21. The van der Waals surface area contributed by atoms with Gasteiger partial charge in [0.15, 0.2) is 5.78 Å². The highest BCUT2D eigenvalue weighted by atomic mass is 16.5. The van der Waals surface area contributed by atoms with Crippen molar-refractivity contribution in [3.63, 3.8) is 0 Å². The summed E-state index contributed by atoms with van der Waals surface area (Å²) in [5.74, 6) is 0.136. The maximum absolute atomic E-state index is 11.9. The number of nitrogens with one attached hydrogen (secondary N) is 1. The molecule has 0 spiro atoms. The van der Waals surface area contributed by atoms with Gasteiger partial charge in [-0.25, -0.2) is 0 Å². The molecular formula is C20H19NO4. The van der Waals surface area contributed by atoms with E-state index in [1.54, 1.807) is 36.4 Å². The number of hydrogen-bond acceptors (Lipinski definition) is 4. The maximum atomic E-state index is 11.9. The third-order valence-corrected chi connectivity index (χ3v) is 4.22. The van der Waals surface area contributed by atoms with Gasteiger partial charge in [-0.05, 0) is 62.1 Å². The number of fused-ring (bicyclic) bond motifs is 1. The molecule has 5 heteroatoms. The number of amides is 2. The standard InChI is InChI=1S/C20H19NO4/c1-13(22)14-8-10-16(11-9-14)25-12-3-2-5-15-6-4-7-17-18(15)20(24)21-19(17)23/h4,6-11H,2-3,5,12H2,1H3,(H,21,23,24). The molecule has 2 amide bonds. The lowest BCUT2D eigenvalue weighted by Gasteiger charge is -2.08. The van der Waals surface area contributed by atoms with Gasteiger partial charge in [0.05, 0.1) is 17.7 Å². The Morgan fingerprint density at radius 3 is 2.48 bits per heavy atom. The molecule has 0 unspecified atom stereocenters. The van der Waals surface area contributed by atoms with E-state index in [4.69, 9.17) is 4.74 Å². The zero-order valence-corrected chi connectivity index (χ0v) is 14.0. The summed E-state index contributed by atoms with van der Waals surface area (Å²) >= 11 is 0. The Kier molecular flexibility index (Phi) is 4.93. The minimum absolute atomic E-state index is 0.0319. The van der Waals surface area contributed by atoms with Gasteiger partial charge in [0.1, 0.15) is 5.75 Å². The molecule has 0 aromatic heterocycles. The lowest BCUT2D eigenvalue weighted by Crippen LogP contribution is -2.20. The van der Waals surface area contributed by atoms with Gasteiger partial charge in [-0.15, -0.1) is 0 Å². The molecule has 1 aliphatic heterocycles. The van der Waals surface area contributed by atoms with Crippen LogP contribution in [0.2, 0.25) is 0 Å². The molecule has 25 heavy (non-hydrogen) atoms. The van der Waals surface area contributed by atoms with Crippen molar-refractivity contribution >= 4 is 17.6 Å². The number of carbonyl (C=O) groups excluding carboxylic acids is 3. The van der Waals surface area contributed by atoms with Crippen LogP contribution in [0.15, 0.2) is 42.5 Å². The van der Waals surface area contributed by atoms with E-state index in [2.05, 4.69) is 5.32 Å². The van der Waals surface area contributed by atoms with Crippen molar-refractivity contribution in [2.45, 2.75) is 26.2 Å². The third-order valence-electron chi connectivity index (χ3n) is 4.22. The molecule has 2 aromatic carbocycles. The number of unbranched alkanes of at least 4 members (excludes halogenated alkanes) is 1. The minimum Gasteiger partial charge on any atom is -0.494 e. The number of benzene rings is 2. The molecule has 2 aromatic rings. The fourth-order valence-corrected chi connectivity index (χ4v) is 2.89. The zero-order chi connectivity index (χ0) is 17.8. The van der Waals surface area contributed by atoms with Crippen molar-refractivity contribution in [1.82, 2.24) is 5.32 Å². The summed E-state index contributed by atoms with van der Waals surface area (Å²) in [5, 5.41) is 2.33. The van der Waals surface area contributed by atoms with E-state index < -0.39 is 0 Å². The predicted octanol–water partition coefficient (Wildman–Crippen LogP) is 3.17. The van der Waals surface area contributed by atoms with Crippen molar-refractivity contribution in [2.24, 2.45) is 0 Å². The van der Waals surface area contributed by atoms with Crippen LogP contribution < -0.4 is 10.1 Å². The summed E-state index contributed by atoms with van der Waals surface area (Å²) in [7, 11) is 0. The number of ketones is 1. The van der Waals surface area contributed by atoms with Crippen LogP contribution in [0, 0.1) is 0 Å². The molecule has 0 atom stereocenters. The van der Waals surface area contributed by atoms with Crippen LogP contribution in [0.25, 0.3) is 0 Å². The topological polar surface area (TPSA) is 72.5 Å². The maximum Gasteiger partial charge on any atom is 0.259 e. The normalized spacial score (nSPS) is 12.7. The molecule has 0 bridgehead atoms. The number of Topliss-reactive ketones (excluding diaryl/α,β-unsaturated/α-hetero) is 1. The Morgan fingerprint density at radius 1 is 1.00 bits per heavy atom. The molecule has 0 saturated carbocycles. The van der Waals surface area contributed by atoms with Crippen LogP contribution in [0.5, 0.6) is 5.75 Å². The number of carbonyl (C=O) groups is 3. The van der Waals surface area contributed by atoms with Gasteiger partial charge >= 0.3 is 0 Å². The average molecular weight is 337 g/mol. The summed E-state index contributed by atoms with van der Waals surface area (Å²) in [5.41, 5.74) is 2.53. The molecule has 3 rings (SSSR count). The number of imide groups is 1. The van der Waals surface area contributed by atoms with Crippen molar-refractivity contribution < 1.29 is 19.1 Å². The first kappa shape index (κ1) is 16.9. The van der Waals surface area contributed by atoms with E-state index in [0.717, 1.165) is 30.6 Å². The van der Waals surface area contributed by atoms with Crippen molar-refractivity contribution in [3.8, 4) is 5.75 Å². The van der Waals surface area contributed by atoms with Crippen LogP contribution in [0.3, 0.4) is 0 Å². The van der Waals surface area contributed by atoms with Crippen molar-refractivity contribution in [1.29, 1.82) is 0 Å². The lowest BCUT2D eigenvalue weighted by atomic mass is 9.98. The minimum atomic E-state index is -0.320. The second-order valence-electron chi connectivity index (χ2n) is 6.01. The van der Waals surface area contributed by atoms with E-state index in [9.17, 15) is 14.4 Å². The summed E-state index contributed by atoms with van der Waals surface area (Å²) in [4.78, 5) is 34.7. The molecule has 1 heterocycles. The number of aryl methyl sites for hydroxylation is 1. The first-order valence-corrected chi connectivity index (χ1v) is 8.27. The Bertz CT molecular complexity index is 824. The van der Waals surface area contributed by atoms with Crippen molar-refractivity contribution in [2.75, 3.05) is 6.61 Å². The van der Waals surface area contributed by atoms with Crippen LogP contribution >= 0.6 is 0 Å². The molecule has 128 valence electrons. The second-order valence-corrected chi connectivity index (χ2v) is 6.01. The fourth-order valence-electron chi connectivity index (χ4n) is 2.89. The molecule has 0 radical (unpaired) electrons. The monoisotopic (exact) mass is 337 g/mol. The summed E-state index contributed by atoms with van der Waals surface area (Å²) in [6, 6.07) is 12.4. The van der Waals surface area contributed by atoms with Crippen LogP contribution in [0.1, 0.15) is 56.4 Å². The van der Waals surface area contributed by atoms with Gasteiger partial charge in [0.2, 0.25) is 0 Å². The molecule has 1 N–H and O–H groups in total. The highest BCUT2D eigenvalue weighted by molar-refractivity contribution is 6.22. The van der Waals surface area contributed by atoms with E-state index in [0.29, 0.717) is 23.3 Å². The Balaban J connectivity index is 1.49. The highest BCUT2D eigenvalue weighted by Gasteiger charge is 2.28. The van der Waals surface area contributed by atoms with Gasteiger partial charge in [-0.2, -0.15) is 0 Å². The first-order chi connectivity index (χ1) is 12.1. The van der Waals surface area contributed by atoms with Gasteiger partial charge < -0.3 is 4.74 Å². The summed E-state index contributed by atoms with van der Waals surface area (Å²) in [6.45, 7) is 2.09. The van der Waals surface area contributed by atoms with E-state index in [1.165, 1.54) is 6.92 Å². The molecule has 0 fully saturated rings. The van der Waals surface area contributed by atoms with E-state index in [-0.39, 0.29) is 17.6 Å². The van der Waals surface area contributed by atoms with Gasteiger partial charge in [-0.1, -0.05) is 12.1 Å². The van der Waals surface area contributed by atoms with Crippen LogP contribution in [-0.4, -0.2) is 24.2 Å². The number of ether oxygens (including phenoxy) is 1. The molecule has 5 nitrogen and oxygen atoms in total. The summed E-state index contributed by atoms with van der Waals surface area (Å²) in [6.07, 6.45) is 2.40. The zero-order valence-electron chi connectivity index (χ0n) is 14.0. The lowest BCUT2D eigenvalue weighted by molar-refractivity contribution is 0.0878. The van der Waals surface area contributed by atoms with Crippen molar-refractivity contribution in [3.05, 3.63) is 64.7 Å². The first-order valence-electron chi connectivity index (χ1n) is 8.27. The van der Waals surface area contributed by atoms with Crippen LogP contribution in [-0.2, 0) is 6.42 Å². The average Bonchev–Trinajstić information content (AvgIpc) is 2.90. The number of rotatable bonds is 7. The van der Waals surface area contributed by atoms with Gasteiger partial charge in [-0.3, -0.25) is 19.7 Å². The predicted molar refractivity (Wildman–Crippen MR) is 93.1 cm³/mol. The summed E-state index contributed by atoms with van der Waals surface area (Å²) < 4.78 is 5.66. The SMILES string of the molecule is CC(=O)c1ccc(OCCCCc2cccc3c2C(=O)NC3=O)cc1. The Morgan fingerprint density at radius 2 is 1.76 bits per heavy atom. The third kappa shape index (κ3) is 3.76. The largest absolute Gasteiger partial charge is 0.494 e. The van der Waals surface area contributed by atoms with E-state index in [1.807, 2.05) is 6.07 Å². The van der Waals surface area contributed by atoms with Gasteiger partial charge in [0.25, 0.3) is 11.8 Å².